The number of nitrogens with one attached hydrogen (secondary N) is 1. The Morgan fingerprint density at radius 2 is 1.97 bits per heavy atom. The van der Waals surface area contributed by atoms with Crippen molar-refractivity contribution in [2.45, 2.75) is 58.9 Å². The third-order valence-electron chi connectivity index (χ3n) is 5.85. The molecule has 0 saturated carbocycles. The highest BCUT2D eigenvalue weighted by molar-refractivity contribution is 5.94. The van der Waals surface area contributed by atoms with Gasteiger partial charge in [-0.1, -0.05) is 58.2 Å². The summed E-state index contributed by atoms with van der Waals surface area (Å²) >= 11 is 0. The van der Waals surface area contributed by atoms with E-state index in [1.807, 2.05) is 30.6 Å². The van der Waals surface area contributed by atoms with Gasteiger partial charge in [0.05, 0.1) is 11.7 Å². The van der Waals surface area contributed by atoms with Crippen LogP contribution >= 0.6 is 0 Å². The number of para-hydroxylation sites is 1. The van der Waals surface area contributed by atoms with Gasteiger partial charge in [-0.2, -0.15) is 0 Å². The molecule has 3 heterocycles. The predicted molar refractivity (Wildman–Crippen MR) is 133 cm³/mol. The number of rotatable bonds is 9. The molecule has 0 aliphatic heterocycles. The Morgan fingerprint density at radius 3 is 2.70 bits per heavy atom. The van der Waals surface area contributed by atoms with E-state index in [-0.39, 0.29) is 17.9 Å². The average molecular weight is 448 g/mol. The Morgan fingerprint density at radius 1 is 1.18 bits per heavy atom. The maximum Gasteiger partial charge on any atom is 0.219 e. The molecule has 0 aliphatic carbocycles. The van der Waals surface area contributed by atoms with Gasteiger partial charge in [0.15, 0.2) is 11.6 Å². The number of imidazole rings is 1. The third kappa shape index (κ3) is 4.65. The van der Waals surface area contributed by atoms with Crippen LogP contribution in [0.25, 0.3) is 27.8 Å². The molecule has 6 N–H and O–H groups in total. The summed E-state index contributed by atoms with van der Waals surface area (Å²) in [5.41, 5.74) is 16.2. The second-order valence-corrected chi connectivity index (χ2v) is 9.00. The largest absolute Gasteiger partial charge is 0.493 e. The predicted octanol–water partition coefficient (Wildman–Crippen LogP) is 4.68. The molecule has 4 aromatic rings. The Bertz CT molecular complexity index is 1280. The molecule has 0 aliphatic rings. The summed E-state index contributed by atoms with van der Waals surface area (Å²) in [6.45, 7) is 6.37. The molecule has 0 fully saturated rings. The number of H-pyrrole nitrogens is 1. The monoisotopic (exact) mass is 447 g/mol. The Labute approximate surface area is 193 Å². The number of nitrogens with zero attached hydrogens (tertiary/aromatic N) is 4. The molecule has 174 valence electrons. The van der Waals surface area contributed by atoms with Crippen molar-refractivity contribution in [3.8, 4) is 17.1 Å². The van der Waals surface area contributed by atoms with Crippen LogP contribution in [-0.4, -0.2) is 30.4 Å². The van der Waals surface area contributed by atoms with Gasteiger partial charge >= 0.3 is 0 Å². The van der Waals surface area contributed by atoms with Crippen LogP contribution in [0.15, 0.2) is 41.7 Å². The first-order chi connectivity index (χ1) is 15.9. The Kier molecular flexibility index (Phi) is 6.53. The first-order valence-corrected chi connectivity index (χ1v) is 11.6. The number of hydrogen-bond donors (Lipinski definition) is 4. The number of guanidine groups is 1. The van der Waals surface area contributed by atoms with Crippen molar-refractivity contribution in [3.63, 3.8) is 0 Å². The van der Waals surface area contributed by atoms with Crippen LogP contribution in [0.1, 0.15) is 63.9 Å². The molecule has 3 aromatic heterocycles. The van der Waals surface area contributed by atoms with Crippen molar-refractivity contribution < 1.29 is 5.11 Å². The third-order valence-corrected chi connectivity index (χ3v) is 5.85. The van der Waals surface area contributed by atoms with Gasteiger partial charge < -0.3 is 21.6 Å². The topological polar surface area (TPSA) is 131 Å². The van der Waals surface area contributed by atoms with Gasteiger partial charge in [-0.15, -0.1) is 0 Å². The van der Waals surface area contributed by atoms with Crippen molar-refractivity contribution >= 4 is 22.5 Å². The van der Waals surface area contributed by atoms with Gasteiger partial charge in [0.2, 0.25) is 5.88 Å². The first kappa shape index (κ1) is 22.6. The second-order valence-electron chi connectivity index (χ2n) is 9.00. The van der Waals surface area contributed by atoms with Crippen LogP contribution in [0.5, 0.6) is 5.88 Å². The SMILES string of the molecule is CCCCCC(N=C(N)N)c1nc(-c2c[nH]c3ccccc23)cn2c(O)c(CC(C)C)nc12. The number of aromatic hydroxyl groups is 1. The fraction of sp³-hybridized carbons (Fsp3) is 0.400. The molecule has 0 spiro atoms. The fourth-order valence-corrected chi connectivity index (χ4v) is 4.30. The van der Waals surface area contributed by atoms with Crippen molar-refractivity contribution in [3.05, 3.63) is 48.0 Å². The molecule has 1 aromatic carbocycles. The van der Waals surface area contributed by atoms with E-state index in [0.29, 0.717) is 29.4 Å². The van der Waals surface area contributed by atoms with Crippen LogP contribution in [-0.2, 0) is 6.42 Å². The van der Waals surface area contributed by atoms with E-state index in [0.717, 1.165) is 47.8 Å². The minimum Gasteiger partial charge on any atom is -0.493 e. The van der Waals surface area contributed by atoms with Crippen LogP contribution in [0, 0.1) is 5.92 Å². The summed E-state index contributed by atoms with van der Waals surface area (Å²) < 4.78 is 1.73. The number of unbranched alkanes of at least 4 members (excludes halogenated alkanes) is 2. The Balaban J connectivity index is 1.94. The molecule has 4 rings (SSSR count). The van der Waals surface area contributed by atoms with E-state index >= 15 is 0 Å². The number of nitrogens with two attached hydrogens (primary N) is 2. The van der Waals surface area contributed by atoms with E-state index in [4.69, 9.17) is 21.4 Å². The normalized spacial score (nSPS) is 12.6. The summed E-state index contributed by atoms with van der Waals surface area (Å²) in [6.07, 6.45) is 8.34. The lowest BCUT2D eigenvalue weighted by Gasteiger charge is -2.15. The number of aromatic nitrogens is 4. The number of hydrogen-bond acceptors (Lipinski definition) is 4. The lowest BCUT2D eigenvalue weighted by atomic mass is 10.0. The second kappa shape index (κ2) is 9.52. The van der Waals surface area contributed by atoms with E-state index in [1.54, 1.807) is 4.40 Å². The van der Waals surface area contributed by atoms with Gasteiger partial charge in [0.1, 0.15) is 11.4 Å². The van der Waals surface area contributed by atoms with Gasteiger partial charge in [-0.3, -0.25) is 4.40 Å². The summed E-state index contributed by atoms with van der Waals surface area (Å²) in [6, 6.07) is 7.73. The quantitative estimate of drug-likeness (QED) is 0.168. The highest BCUT2D eigenvalue weighted by Crippen LogP contribution is 2.34. The summed E-state index contributed by atoms with van der Waals surface area (Å²) in [7, 11) is 0. The molecule has 8 nitrogen and oxygen atoms in total. The van der Waals surface area contributed by atoms with Crippen LogP contribution in [0.2, 0.25) is 0 Å². The van der Waals surface area contributed by atoms with Crippen LogP contribution in [0.3, 0.4) is 0 Å². The van der Waals surface area contributed by atoms with Gasteiger partial charge in [-0.05, 0) is 24.8 Å². The van der Waals surface area contributed by atoms with E-state index in [9.17, 15) is 5.11 Å². The molecule has 0 radical (unpaired) electrons. The molecule has 0 saturated heterocycles. The highest BCUT2D eigenvalue weighted by Gasteiger charge is 2.24. The van der Waals surface area contributed by atoms with Gasteiger partial charge in [0.25, 0.3) is 0 Å². The van der Waals surface area contributed by atoms with Crippen LogP contribution < -0.4 is 11.5 Å². The lowest BCUT2D eigenvalue weighted by Crippen LogP contribution is -2.24. The zero-order valence-electron chi connectivity index (χ0n) is 19.5. The molecular weight excluding hydrogens is 414 g/mol. The van der Waals surface area contributed by atoms with E-state index in [1.165, 1.54) is 0 Å². The van der Waals surface area contributed by atoms with E-state index in [2.05, 4.69) is 36.8 Å². The first-order valence-electron chi connectivity index (χ1n) is 11.6. The summed E-state index contributed by atoms with van der Waals surface area (Å²) in [4.78, 5) is 17.6. The zero-order chi connectivity index (χ0) is 23.5. The van der Waals surface area contributed by atoms with Crippen molar-refractivity contribution in [2.24, 2.45) is 22.4 Å². The Hall–Kier alpha value is -3.55. The van der Waals surface area contributed by atoms with Crippen LogP contribution in [0.4, 0.5) is 0 Å². The molecule has 0 amide bonds. The molecule has 33 heavy (non-hydrogen) atoms. The van der Waals surface area contributed by atoms with Gasteiger partial charge in [-0.25, -0.2) is 15.0 Å². The van der Waals surface area contributed by atoms with Crippen molar-refractivity contribution in [1.82, 2.24) is 19.4 Å². The minimum absolute atomic E-state index is 0.0205. The number of fused-ring (bicyclic) bond motifs is 2. The van der Waals surface area contributed by atoms with Gasteiger partial charge in [0, 0.05) is 28.9 Å². The summed E-state index contributed by atoms with van der Waals surface area (Å²) in [5, 5.41) is 12.1. The average Bonchev–Trinajstić information content (AvgIpc) is 3.34. The lowest BCUT2D eigenvalue weighted by molar-refractivity contribution is 0.435. The maximum atomic E-state index is 11.1. The highest BCUT2D eigenvalue weighted by atomic mass is 16.3. The molecule has 8 heteroatoms. The smallest absolute Gasteiger partial charge is 0.219 e. The number of benzene rings is 1. The number of aliphatic imine (C=N–C) groups is 1. The van der Waals surface area contributed by atoms with Crippen molar-refractivity contribution in [2.75, 3.05) is 0 Å². The van der Waals surface area contributed by atoms with E-state index < -0.39 is 0 Å². The fourth-order valence-electron chi connectivity index (χ4n) is 4.30. The number of aromatic amines is 1. The molecular formula is C25H33N7O. The van der Waals surface area contributed by atoms with Crippen molar-refractivity contribution in [1.29, 1.82) is 0 Å². The molecule has 1 unspecified atom stereocenters. The maximum absolute atomic E-state index is 11.1. The molecule has 1 atom stereocenters. The minimum atomic E-state index is -0.345. The summed E-state index contributed by atoms with van der Waals surface area (Å²) in [5.74, 6) is 0.510. The molecule has 0 bridgehead atoms. The zero-order valence-corrected chi connectivity index (χ0v) is 19.5. The standard InChI is InChI=1S/C25H33N7O/c1-4-5-6-11-19(31-25(26)27)22-23-30-20(12-15(2)3)24(33)32(23)14-21(29-22)17-13-28-18-10-8-7-9-16(17)18/h7-10,13-15,19,28,33H,4-6,11-12H2,1-3H3,(H4,26,27,31).